The lowest BCUT2D eigenvalue weighted by Gasteiger charge is -1.99. The van der Waals surface area contributed by atoms with Gasteiger partial charge in [0.1, 0.15) is 0 Å². The van der Waals surface area contributed by atoms with Crippen molar-refractivity contribution in [2.45, 2.75) is 0 Å². The molecule has 1 aromatic rings. The maximum Gasteiger partial charge on any atom is 0.0778 e. The minimum absolute atomic E-state index is 0.360. The van der Waals surface area contributed by atoms with Gasteiger partial charge in [0.25, 0.3) is 0 Å². The van der Waals surface area contributed by atoms with E-state index < -0.39 is 0 Å². The Morgan fingerprint density at radius 3 is 1.91 bits per heavy atom. The van der Waals surface area contributed by atoms with Crippen LogP contribution in [0.15, 0.2) is 12.1 Å². The lowest BCUT2D eigenvalue weighted by molar-refractivity contribution is 1.66. The highest BCUT2D eigenvalue weighted by Crippen LogP contribution is 2.31. The first kappa shape index (κ1) is 8.92. The van der Waals surface area contributed by atoms with Gasteiger partial charge in [-0.2, -0.15) is 0 Å². The van der Waals surface area contributed by atoms with Gasteiger partial charge in [0.15, 0.2) is 0 Å². The first-order chi connectivity index (χ1) is 5.15. The van der Waals surface area contributed by atoms with E-state index in [1.54, 1.807) is 12.1 Å². The van der Waals surface area contributed by atoms with Gasteiger partial charge < -0.3 is 0 Å². The van der Waals surface area contributed by atoms with Gasteiger partial charge in [-0.1, -0.05) is 47.5 Å². The number of benzene rings is 1. The zero-order valence-electron chi connectivity index (χ0n) is 5.44. The summed E-state index contributed by atoms with van der Waals surface area (Å²) in [5.74, 6) is 0. The Kier molecular flexibility index (Phi) is 2.83. The summed E-state index contributed by atoms with van der Waals surface area (Å²) in [6, 6.07) is 3.30. The molecule has 0 amide bonds. The maximum atomic E-state index is 5.71. The second-order valence-corrected chi connectivity index (χ2v) is 3.16. The summed E-state index contributed by atoms with van der Waals surface area (Å²) in [6.07, 6.45) is 1.41. The predicted octanol–water partition coefficient (Wildman–Crippen LogP) is 4.09. The largest absolute Gasteiger partial charge is 0.0826 e. The normalized spacial score (nSPS) is 9.73. The van der Waals surface area contributed by atoms with Crippen LogP contribution in [0.3, 0.4) is 0 Å². The maximum absolute atomic E-state index is 5.71. The standard InChI is InChI=1S/C8H4Cl3/c1-2-5-3-6(9)8(11)7(10)4-5/h1-4H. The van der Waals surface area contributed by atoms with E-state index in [2.05, 4.69) is 0 Å². The molecule has 57 valence electrons. The van der Waals surface area contributed by atoms with Crippen molar-refractivity contribution in [1.82, 2.24) is 0 Å². The second-order valence-electron chi connectivity index (χ2n) is 1.97. The Hall–Kier alpha value is -0.170. The average molecular weight is 206 g/mol. The van der Waals surface area contributed by atoms with Crippen molar-refractivity contribution in [2.75, 3.05) is 0 Å². The summed E-state index contributed by atoms with van der Waals surface area (Å²) in [4.78, 5) is 0. The second kappa shape index (κ2) is 3.48. The molecule has 0 aromatic heterocycles. The van der Waals surface area contributed by atoms with E-state index in [-0.39, 0.29) is 0 Å². The van der Waals surface area contributed by atoms with Crippen molar-refractivity contribution in [3.8, 4) is 0 Å². The molecule has 0 aliphatic carbocycles. The molecular formula is C8H4Cl3. The fourth-order valence-electron chi connectivity index (χ4n) is 0.671. The van der Waals surface area contributed by atoms with Crippen molar-refractivity contribution in [3.63, 3.8) is 0 Å². The van der Waals surface area contributed by atoms with E-state index in [1.807, 2.05) is 0 Å². The van der Waals surface area contributed by atoms with E-state index >= 15 is 0 Å². The lowest BCUT2D eigenvalue weighted by atomic mass is 10.2. The van der Waals surface area contributed by atoms with Crippen molar-refractivity contribution >= 4 is 40.9 Å². The molecule has 0 atom stereocenters. The fourth-order valence-corrected chi connectivity index (χ4v) is 1.28. The van der Waals surface area contributed by atoms with Crippen LogP contribution in [-0.2, 0) is 0 Å². The van der Waals surface area contributed by atoms with Crippen LogP contribution in [0.1, 0.15) is 5.56 Å². The first-order valence-electron chi connectivity index (χ1n) is 2.84. The summed E-state index contributed by atoms with van der Waals surface area (Å²) < 4.78 is 0. The molecule has 0 nitrogen and oxygen atoms in total. The summed E-state index contributed by atoms with van der Waals surface area (Å²) in [5, 5.41) is 1.19. The molecule has 1 rings (SSSR count). The smallest absolute Gasteiger partial charge is 0.0778 e. The van der Waals surface area contributed by atoms with Crippen LogP contribution in [0.2, 0.25) is 15.1 Å². The fraction of sp³-hybridized carbons (Fsp3) is 0. The third-order valence-electron chi connectivity index (χ3n) is 1.20. The molecule has 0 heterocycles. The molecule has 0 saturated carbocycles. The summed E-state index contributed by atoms with van der Waals surface area (Å²) in [5.41, 5.74) is 0.754. The molecule has 0 aliphatic heterocycles. The highest BCUT2D eigenvalue weighted by Gasteiger charge is 2.03. The molecule has 0 N–H and O–H groups in total. The Labute approximate surface area is 80.4 Å². The molecule has 0 unspecified atom stereocenters. The number of hydrogen-bond donors (Lipinski definition) is 0. The summed E-state index contributed by atoms with van der Waals surface area (Å²) >= 11 is 17.1. The Balaban J connectivity index is 3.31. The molecule has 0 aliphatic rings. The molecule has 1 aromatic carbocycles. The molecule has 0 spiro atoms. The minimum atomic E-state index is 0.360. The third kappa shape index (κ3) is 1.90. The number of halogens is 3. The lowest BCUT2D eigenvalue weighted by Crippen LogP contribution is -1.75. The Morgan fingerprint density at radius 1 is 1.09 bits per heavy atom. The van der Waals surface area contributed by atoms with Gasteiger partial charge in [-0.05, 0) is 17.7 Å². The molecule has 0 bridgehead atoms. The van der Waals surface area contributed by atoms with Crippen molar-refractivity contribution in [1.29, 1.82) is 0 Å². The Morgan fingerprint density at radius 2 is 1.55 bits per heavy atom. The third-order valence-corrected chi connectivity index (χ3v) is 2.40. The van der Waals surface area contributed by atoms with E-state index in [0.29, 0.717) is 15.1 Å². The van der Waals surface area contributed by atoms with Gasteiger partial charge in [0, 0.05) is 0 Å². The van der Waals surface area contributed by atoms with Gasteiger partial charge in [-0.15, -0.1) is 0 Å². The zero-order valence-corrected chi connectivity index (χ0v) is 7.71. The highest BCUT2D eigenvalue weighted by molar-refractivity contribution is 6.48. The van der Waals surface area contributed by atoms with Gasteiger partial charge in [0.2, 0.25) is 0 Å². The number of hydrogen-bond acceptors (Lipinski definition) is 0. The van der Waals surface area contributed by atoms with Gasteiger partial charge >= 0.3 is 0 Å². The van der Waals surface area contributed by atoms with E-state index in [0.717, 1.165) is 5.56 Å². The molecule has 1 radical (unpaired) electrons. The van der Waals surface area contributed by atoms with Crippen LogP contribution in [0.4, 0.5) is 0 Å². The summed E-state index contributed by atoms with van der Waals surface area (Å²) in [7, 11) is 0. The predicted molar refractivity (Wildman–Crippen MR) is 50.2 cm³/mol. The van der Waals surface area contributed by atoms with Gasteiger partial charge in [-0.25, -0.2) is 0 Å². The number of rotatable bonds is 1. The Bertz CT molecular complexity index is 268. The van der Waals surface area contributed by atoms with Crippen molar-refractivity contribution in [2.24, 2.45) is 0 Å². The van der Waals surface area contributed by atoms with Crippen LogP contribution in [0, 0.1) is 6.58 Å². The van der Waals surface area contributed by atoms with Crippen LogP contribution in [0.25, 0.3) is 6.08 Å². The SMILES string of the molecule is [CH]=Cc1cc(Cl)c(Cl)c(Cl)c1. The zero-order chi connectivity index (χ0) is 8.43. The van der Waals surface area contributed by atoms with Crippen molar-refractivity contribution in [3.05, 3.63) is 39.3 Å². The van der Waals surface area contributed by atoms with Crippen LogP contribution in [0.5, 0.6) is 0 Å². The molecule has 0 fully saturated rings. The monoisotopic (exact) mass is 205 g/mol. The van der Waals surface area contributed by atoms with Crippen molar-refractivity contribution < 1.29 is 0 Å². The topological polar surface area (TPSA) is 0 Å². The van der Waals surface area contributed by atoms with E-state index in [4.69, 9.17) is 41.4 Å². The highest BCUT2D eigenvalue weighted by atomic mass is 35.5. The molecular weight excluding hydrogens is 202 g/mol. The first-order valence-corrected chi connectivity index (χ1v) is 3.98. The van der Waals surface area contributed by atoms with Crippen LogP contribution in [-0.4, -0.2) is 0 Å². The van der Waals surface area contributed by atoms with Crippen LogP contribution < -0.4 is 0 Å². The van der Waals surface area contributed by atoms with Gasteiger partial charge in [0.05, 0.1) is 15.1 Å². The molecule has 11 heavy (non-hydrogen) atoms. The molecule has 3 heteroatoms. The van der Waals surface area contributed by atoms with E-state index in [9.17, 15) is 0 Å². The average Bonchev–Trinajstić information content (AvgIpc) is 1.99. The van der Waals surface area contributed by atoms with Gasteiger partial charge in [-0.3, -0.25) is 0 Å². The molecule has 0 saturated heterocycles. The van der Waals surface area contributed by atoms with E-state index in [1.165, 1.54) is 6.08 Å². The minimum Gasteiger partial charge on any atom is -0.0826 e. The quantitative estimate of drug-likeness (QED) is 0.607. The summed E-state index contributed by atoms with van der Waals surface area (Å²) in [6.45, 7) is 5.25. The van der Waals surface area contributed by atoms with Crippen LogP contribution >= 0.6 is 34.8 Å².